The highest BCUT2D eigenvalue weighted by Gasteiger charge is 2.28. The van der Waals surface area contributed by atoms with Crippen molar-refractivity contribution >= 4 is 16.8 Å². The van der Waals surface area contributed by atoms with Gasteiger partial charge in [-0.15, -0.1) is 0 Å². The van der Waals surface area contributed by atoms with Crippen molar-refractivity contribution in [2.24, 2.45) is 5.92 Å². The van der Waals surface area contributed by atoms with Gasteiger partial charge < -0.3 is 9.21 Å². The minimum Gasteiger partial charge on any atom is -0.461 e. The van der Waals surface area contributed by atoms with Gasteiger partial charge in [0.2, 0.25) is 0 Å². The molecule has 1 aliphatic rings. The van der Waals surface area contributed by atoms with E-state index in [1.54, 1.807) is 6.92 Å². The largest absolute Gasteiger partial charge is 0.461 e. The number of carbonyl (C=O) groups excluding carboxylic acids is 1. The molecule has 2 atom stereocenters. The first-order valence-electron chi connectivity index (χ1n) is 6.70. The molecule has 0 radical (unpaired) electrons. The molecule has 2 nitrogen and oxygen atoms in total. The van der Waals surface area contributed by atoms with Crippen molar-refractivity contribution in [2.45, 2.75) is 38.5 Å². The Labute approximate surface area is 107 Å². The maximum atomic E-state index is 11.2. The van der Waals surface area contributed by atoms with Crippen LogP contribution >= 0.6 is 0 Å². The highest BCUT2D eigenvalue weighted by Crippen LogP contribution is 2.41. The molecule has 1 fully saturated rings. The molecule has 1 aromatic carbocycles. The summed E-state index contributed by atoms with van der Waals surface area (Å²) in [6.07, 6.45) is 4.13. The predicted molar refractivity (Wildman–Crippen MR) is 71.6 cm³/mol. The van der Waals surface area contributed by atoms with Gasteiger partial charge in [0.15, 0.2) is 0 Å². The van der Waals surface area contributed by atoms with E-state index in [9.17, 15) is 4.79 Å². The fraction of sp³-hybridized carbons (Fsp3) is 0.438. The maximum absolute atomic E-state index is 11.2. The molecule has 0 amide bonds. The standard InChI is InChI=1S/C16H18O2/c1-11(17)8-12-6-7-14(9-12)16-10-13-4-2-3-5-15(13)18-16/h2-5,10,12,14H,6-9H2,1H3. The molecule has 0 spiro atoms. The van der Waals surface area contributed by atoms with Crippen molar-refractivity contribution in [1.29, 1.82) is 0 Å². The number of carbonyl (C=O) groups is 1. The van der Waals surface area contributed by atoms with Crippen LogP contribution in [0.5, 0.6) is 0 Å². The lowest BCUT2D eigenvalue weighted by molar-refractivity contribution is -0.117. The Kier molecular flexibility index (Phi) is 2.94. The summed E-state index contributed by atoms with van der Waals surface area (Å²) in [6, 6.07) is 10.3. The summed E-state index contributed by atoms with van der Waals surface area (Å²) in [6.45, 7) is 1.69. The van der Waals surface area contributed by atoms with Crippen LogP contribution in [-0.2, 0) is 4.79 Å². The van der Waals surface area contributed by atoms with Crippen LogP contribution in [0.4, 0.5) is 0 Å². The molecule has 2 aromatic rings. The zero-order chi connectivity index (χ0) is 12.5. The van der Waals surface area contributed by atoms with E-state index in [4.69, 9.17) is 4.42 Å². The Balaban J connectivity index is 1.77. The number of hydrogen-bond acceptors (Lipinski definition) is 2. The van der Waals surface area contributed by atoms with Crippen LogP contribution in [0, 0.1) is 5.92 Å². The molecule has 1 heterocycles. The number of hydrogen-bond donors (Lipinski definition) is 0. The van der Waals surface area contributed by atoms with Gasteiger partial charge in [-0.3, -0.25) is 0 Å². The van der Waals surface area contributed by atoms with Crippen molar-refractivity contribution in [3.8, 4) is 0 Å². The molecule has 0 bridgehead atoms. The molecule has 18 heavy (non-hydrogen) atoms. The highest BCUT2D eigenvalue weighted by atomic mass is 16.3. The van der Waals surface area contributed by atoms with Crippen LogP contribution in [0.2, 0.25) is 0 Å². The molecule has 0 N–H and O–H groups in total. The Morgan fingerprint density at radius 1 is 1.33 bits per heavy atom. The number of Topliss-reactive ketones (excluding diaryl/α,β-unsaturated/α-hetero) is 1. The fourth-order valence-corrected chi connectivity index (χ4v) is 3.13. The monoisotopic (exact) mass is 242 g/mol. The molecule has 3 rings (SSSR count). The number of furan rings is 1. The molecule has 2 unspecified atom stereocenters. The molecule has 1 aliphatic carbocycles. The molecule has 2 heteroatoms. The zero-order valence-corrected chi connectivity index (χ0v) is 10.7. The average molecular weight is 242 g/mol. The quantitative estimate of drug-likeness (QED) is 0.803. The summed E-state index contributed by atoms with van der Waals surface area (Å²) in [4.78, 5) is 11.2. The van der Waals surface area contributed by atoms with Crippen LogP contribution in [0.15, 0.2) is 34.7 Å². The van der Waals surface area contributed by atoms with E-state index in [-0.39, 0.29) is 0 Å². The SMILES string of the molecule is CC(=O)CC1CCC(c2cc3ccccc3o2)C1. The van der Waals surface area contributed by atoms with Crippen molar-refractivity contribution in [3.05, 3.63) is 36.1 Å². The van der Waals surface area contributed by atoms with Crippen LogP contribution in [0.3, 0.4) is 0 Å². The Hall–Kier alpha value is -1.57. The normalized spacial score (nSPS) is 23.6. The minimum atomic E-state index is 0.310. The summed E-state index contributed by atoms with van der Waals surface area (Å²) in [7, 11) is 0. The van der Waals surface area contributed by atoms with Gasteiger partial charge in [0, 0.05) is 17.7 Å². The summed E-state index contributed by atoms with van der Waals surface area (Å²) in [5.74, 6) is 2.47. The van der Waals surface area contributed by atoms with Crippen molar-refractivity contribution in [3.63, 3.8) is 0 Å². The number of fused-ring (bicyclic) bond motifs is 1. The number of rotatable bonds is 3. The maximum Gasteiger partial charge on any atom is 0.134 e. The van der Waals surface area contributed by atoms with Gasteiger partial charge in [0.1, 0.15) is 17.1 Å². The lowest BCUT2D eigenvalue weighted by Crippen LogP contribution is -2.01. The third-order valence-electron chi connectivity index (χ3n) is 3.96. The first-order chi connectivity index (χ1) is 8.72. The second-order valence-corrected chi connectivity index (χ2v) is 5.47. The van der Waals surface area contributed by atoms with Gasteiger partial charge in [-0.1, -0.05) is 18.2 Å². The van der Waals surface area contributed by atoms with E-state index in [1.165, 1.54) is 5.39 Å². The van der Waals surface area contributed by atoms with Crippen molar-refractivity contribution in [2.75, 3.05) is 0 Å². The second kappa shape index (κ2) is 4.60. The van der Waals surface area contributed by atoms with Gasteiger partial charge in [-0.2, -0.15) is 0 Å². The minimum absolute atomic E-state index is 0.310. The number of benzene rings is 1. The van der Waals surface area contributed by atoms with Crippen molar-refractivity contribution < 1.29 is 9.21 Å². The van der Waals surface area contributed by atoms with E-state index in [0.717, 1.165) is 37.0 Å². The summed E-state index contributed by atoms with van der Waals surface area (Å²) in [5, 5.41) is 1.18. The third-order valence-corrected chi connectivity index (χ3v) is 3.96. The predicted octanol–water partition coefficient (Wildman–Crippen LogP) is 4.30. The first-order valence-corrected chi connectivity index (χ1v) is 6.70. The second-order valence-electron chi connectivity index (χ2n) is 5.47. The van der Waals surface area contributed by atoms with Crippen LogP contribution in [0.25, 0.3) is 11.0 Å². The van der Waals surface area contributed by atoms with Gasteiger partial charge in [0.05, 0.1) is 0 Å². The lowest BCUT2D eigenvalue weighted by Gasteiger charge is -2.07. The highest BCUT2D eigenvalue weighted by molar-refractivity contribution is 5.78. The molecule has 0 aliphatic heterocycles. The van der Waals surface area contributed by atoms with E-state index < -0.39 is 0 Å². The van der Waals surface area contributed by atoms with Crippen LogP contribution in [-0.4, -0.2) is 5.78 Å². The number of para-hydroxylation sites is 1. The van der Waals surface area contributed by atoms with E-state index in [1.807, 2.05) is 18.2 Å². The number of ketones is 1. The van der Waals surface area contributed by atoms with E-state index in [2.05, 4.69) is 12.1 Å². The summed E-state index contributed by atoms with van der Waals surface area (Å²) in [5.41, 5.74) is 0.975. The topological polar surface area (TPSA) is 30.2 Å². The molecule has 1 saturated carbocycles. The molecule has 0 saturated heterocycles. The van der Waals surface area contributed by atoms with Gasteiger partial charge in [-0.25, -0.2) is 0 Å². The van der Waals surface area contributed by atoms with Crippen LogP contribution < -0.4 is 0 Å². The lowest BCUT2D eigenvalue weighted by atomic mass is 9.98. The van der Waals surface area contributed by atoms with Gasteiger partial charge in [0.25, 0.3) is 0 Å². The van der Waals surface area contributed by atoms with E-state index >= 15 is 0 Å². The molecular weight excluding hydrogens is 224 g/mol. The average Bonchev–Trinajstić information content (AvgIpc) is 2.93. The van der Waals surface area contributed by atoms with E-state index in [0.29, 0.717) is 17.6 Å². The Morgan fingerprint density at radius 2 is 2.17 bits per heavy atom. The molecule has 94 valence electrons. The Morgan fingerprint density at radius 3 is 2.94 bits per heavy atom. The molecule has 1 aromatic heterocycles. The molecular formula is C16H18O2. The Bertz CT molecular complexity index is 534. The van der Waals surface area contributed by atoms with Crippen molar-refractivity contribution in [1.82, 2.24) is 0 Å². The van der Waals surface area contributed by atoms with Crippen LogP contribution in [0.1, 0.15) is 44.3 Å². The fourth-order valence-electron chi connectivity index (χ4n) is 3.13. The summed E-state index contributed by atoms with van der Waals surface area (Å²) < 4.78 is 5.92. The first kappa shape index (κ1) is 11.5. The third kappa shape index (κ3) is 2.20. The summed E-state index contributed by atoms with van der Waals surface area (Å²) >= 11 is 0. The van der Waals surface area contributed by atoms with Gasteiger partial charge >= 0.3 is 0 Å². The zero-order valence-electron chi connectivity index (χ0n) is 10.7. The van der Waals surface area contributed by atoms with Gasteiger partial charge in [-0.05, 0) is 44.2 Å². The smallest absolute Gasteiger partial charge is 0.134 e.